The molecule has 2 rings (SSSR count). The first-order valence-corrected chi connectivity index (χ1v) is 4.92. The fraction of sp³-hybridized carbons (Fsp3) is 0.333. The summed E-state index contributed by atoms with van der Waals surface area (Å²) in [6.07, 6.45) is 1.27. The van der Waals surface area contributed by atoms with Crippen molar-refractivity contribution in [2.45, 2.75) is 13.0 Å². The second kappa shape index (κ2) is 4.24. The summed E-state index contributed by atoms with van der Waals surface area (Å²) in [4.78, 5) is 21.0. The third-order valence-corrected chi connectivity index (χ3v) is 2.17. The number of nitrogens with one attached hydrogen (secondary N) is 1. The average molecular weight is 238 g/mol. The van der Waals surface area contributed by atoms with Gasteiger partial charge in [-0.2, -0.15) is 5.10 Å². The van der Waals surface area contributed by atoms with Gasteiger partial charge in [0.15, 0.2) is 5.76 Å². The number of nitro groups is 1. The van der Waals surface area contributed by atoms with E-state index in [0.29, 0.717) is 6.54 Å². The predicted octanol–water partition coefficient (Wildman–Crippen LogP) is 0.935. The van der Waals surface area contributed by atoms with Crippen molar-refractivity contribution in [3.05, 3.63) is 28.0 Å². The summed E-state index contributed by atoms with van der Waals surface area (Å²) in [7, 11) is 0. The van der Waals surface area contributed by atoms with E-state index in [1.807, 2.05) is 6.92 Å². The number of hydrogen-bond acceptors (Lipinski definition) is 5. The van der Waals surface area contributed by atoms with Crippen LogP contribution in [0.15, 0.2) is 21.7 Å². The second-order valence-corrected chi connectivity index (χ2v) is 3.61. The van der Waals surface area contributed by atoms with Gasteiger partial charge in [-0.3, -0.25) is 10.1 Å². The first-order chi connectivity index (χ1) is 8.06. The van der Waals surface area contributed by atoms with Crippen molar-refractivity contribution in [2.75, 3.05) is 6.54 Å². The molecule has 1 unspecified atom stereocenters. The number of nitrogens with zero attached hydrogens (tertiary/aromatic N) is 3. The van der Waals surface area contributed by atoms with Crippen LogP contribution in [0.2, 0.25) is 0 Å². The minimum Gasteiger partial charge on any atom is -0.400 e. The smallest absolute Gasteiger partial charge is 0.400 e. The normalized spacial score (nSPS) is 19.9. The number of carbonyl (C=O) groups excluding carboxylic acids is 1. The van der Waals surface area contributed by atoms with Gasteiger partial charge in [-0.1, -0.05) is 0 Å². The van der Waals surface area contributed by atoms with Gasteiger partial charge in [-0.05, 0) is 13.0 Å². The number of furan rings is 1. The number of hydrazone groups is 1. The zero-order valence-corrected chi connectivity index (χ0v) is 8.99. The van der Waals surface area contributed by atoms with E-state index < -0.39 is 4.92 Å². The molecular weight excluding hydrogens is 228 g/mol. The van der Waals surface area contributed by atoms with E-state index in [1.165, 1.54) is 23.4 Å². The molecule has 0 spiro atoms. The zero-order valence-electron chi connectivity index (χ0n) is 8.99. The van der Waals surface area contributed by atoms with E-state index in [4.69, 9.17) is 4.42 Å². The lowest BCUT2D eigenvalue weighted by molar-refractivity contribution is -0.402. The van der Waals surface area contributed by atoms with Crippen LogP contribution in [0, 0.1) is 10.1 Å². The van der Waals surface area contributed by atoms with Crippen LogP contribution in [0.3, 0.4) is 0 Å². The van der Waals surface area contributed by atoms with E-state index in [1.54, 1.807) is 0 Å². The highest BCUT2D eigenvalue weighted by molar-refractivity contribution is 5.81. The summed E-state index contributed by atoms with van der Waals surface area (Å²) in [6.45, 7) is 2.31. The van der Waals surface area contributed by atoms with Crippen molar-refractivity contribution in [3.8, 4) is 0 Å². The van der Waals surface area contributed by atoms with Crippen LogP contribution in [-0.4, -0.2) is 34.8 Å². The number of amides is 2. The maximum atomic E-state index is 11.3. The van der Waals surface area contributed by atoms with Crippen LogP contribution >= 0.6 is 0 Å². The summed E-state index contributed by atoms with van der Waals surface area (Å²) < 4.78 is 4.86. The monoisotopic (exact) mass is 238 g/mol. The van der Waals surface area contributed by atoms with E-state index in [-0.39, 0.29) is 23.7 Å². The first kappa shape index (κ1) is 11.1. The van der Waals surface area contributed by atoms with Gasteiger partial charge < -0.3 is 9.73 Å². The molecule has 8 nitrogen and oxygen atoms in total. The van der Waals surface area contributed by atoms with Crippen molar-refractivity contribution in [3.63, 3.8) is 0 Å². The molecule has 1 atom stereocenters. The maximum Gasteiger partial charge on any atom is 0.433 e. The van der Waals surface area contributed by atoms with Gasteiger partial charge in [0, 0.05) is 6.04 Å². The number of rotatable bonds is 3. The number of urea groups is 1. The van der Waals surface area contributed by atoms with E-state index >= 15 is 0 Å². The molecule has 8 heteroatoms. The van der Waals surface area contributed by atoms with Crippen LogP contribution in [0.1, 0.15) is 12.7 Å². The molecule has 0 aromatic carbocycles. The largest absolute Gasteiger partial charge is 0.433 e. The summed E-state index contributed by atoms with van der Waals surface area (Å²) in [5.74, 6) is -0.130. The van der Waals surface area contributed by atoms with Crippen molar-refractivity contribution < 1.29 is 14.1 Å². The quantitative estimate of drug-likeness (QED) is 0.481. The molecule has 1 fully saturated rings. The summed E-state index contributed by atoms with van der Waals surface area (Å²) in [6, 6.07) is 2.38. The van der Waals surface area contributed by atoms with Gasteiger partial charge in [0.05, 0.1) is 18.8 Å². The fourth-order valence-corrected chi connectivity index (χ4v) is 1.41. The lowest BCUT2D eigenvalue weighted by Gasteiger charge is -2.04. The summed E-state index contributed by atoms with van der Waals surface area (Å²) in [5, 5.41) is 18.1. The Morgan fingerprint density at radius 1 is 1.71 bits per heavy atom. The summed E-state index contributed by atoms with van der Waals surface area (Å²) in [5.41, 5.74) is 0. The molecule has 1 aromatic heterocycles. The van der Waals surface area contributed by atoms with E-state index in [2.05, 4.69) is 10.4 Å². The lowest BCUT2D eigenvalue weighted by atomic mass is 10.4. The van der Waals surface area contributed by atoms with Gasteiger partial charge in [0.1, 0.15) is 4.92 Å². The molecule has 2 heterocycles. The molecule has 2 amide bonds. The second-order valence-electron chi connectivity index (χ2n) is 3.61. The van der Waals surface area contributed by atoms with Gasteiger partial charge >= 0.3 is 11.9 Å². The Hall–Kier alpha value is -2.38. The Balaban J connectivity index is 2.05. The Morgan fingerprint density at radius 2 is 2.47 bits per heavy atom. The molecule has 1 aliphatic rings. The van der Waals surface area contributed by atoms with Crippen molar-refractivity contribution in [2.24, 2.45) is 5.10 Å². The van der Waals surface area contributed by atoms with Gasteiger partial charge in [-0.15, -0.1) is 0 Å². The summed E-state index contributed by atoms with van der Waals surface area (Å²) >= 11 is 0. The standard InChI is InChI=1S/C9H10N4O4/c1-6-5-12(9(14)11-6)10-4-7-2-3-8(17-7)13(15)16/h2-4,6H,5H2,1H3,(H,11,14)/b10-4-. The Kier molecular flexibility index (Phi) is 2.77. The SMILES string of the molecule is CC1CN(/N=C\c2ccc([N+](=O)[O-])o2)C(=O)N1. The van der Waals surface area contributed by atoms with E-state index in [0.717, 1.165) is 0 Å². The molecular formula is C9H10N4O4. The molecule has 90 valence electrons. The fourth-order valence-electron chi connectivity index (χ4n) is 1.41. The molecule has 1 aliphatic heterocycles. The highest BCUT2D eigenvalue weighted by Crippen LogP contribution is 2.14. The molecule has 1 saturated heterocycles. The third kappa shape index (κ3) is 2.41. The number of carbonyl (C=O) groups is 1. The minimum atomic E-state index is -0.637. The van der Waals surface area contributed by atoms with Gasteiger partial charge in [-0.25, -0.2) is 9.80 Å². The molecule has 1 aromatic rings. The molecule has 0 radical (unpaired) electrons. The van der Waals surface area contributed by atoms with Crippen LogP contribution in [-0.2, 0) is 0 Å². The van der Waals surface area contributed by atoms with Gasteiger partial charge in [0.2, 0.25) is 0 Å². The topological polar surface area (TPSA) is 101 Å². The van der Waals surface area contributed by atoms with Crippen molar-refractivity contribution in [1.82, 2.24) is 10.3 Å². The van der Waals surface area contributed by atoms with E-state index in [9.17, 15) is 14.9 Å². The lowest BCUT2D eigenvalue weighted by Crippen LogP contribution is -2.24. The zero-order chi connectivity index (χ0) is 12.4. The van der Waals surface area contributed by atoms with Crippen LogP contribution < -0.4 is 5.32 Å². The van der Waals surface area contributed by atoms with Crippen LogP contribution in [0.4, 0.5) is 10.7 Å². The third-order valence-electron chi connectivity index (χ3n) is 2.17. The first-order valence-electron chi connectivity index (χ1n) is 4.92. The highest BCUT2D eigenvalue weighted by Gasteiger charge is 2.24. The Labute approximate surface area is 96.0 Å². The van der Waals surface area contributed by atoms with Crippen molar-refractivity contribution in [1.29, 1.82) is 0 Å². The highest BCUT2D eigenvalue weighted by atomic mass is 16.6. The van der Waals surface area contributed by atoms with Crippen LogP contribution in [0.25, 0.3) is 0 Å². The average Bonchev–Trinajstić information content (AvgIpc) is 2.82. The Bertz CT molecular complexity index is 481. The Morgan fingerprint density at radius 3 is 3.00 bits per heavy atom. The van der Waals surface area contributed by atoms with Gasteiger partial charge in [0.25, 0.3) is 0 Å². The molecule has 0 aliphatic carbocycles. The van der Waals surface area contributed by atoms with Crippen LogP contribution in [0.5, 0.6) is 0 Å². The minimum absolute atomic E-state index is 0.0330. The molecule has 0 saturated carbocycles. The molecule has 0 bridgehead atoms. The van der Waals surface area contributed by atoms with Crippen molar-refractivity contribution >= 4 is 18.1 Å². The molecule has 17 heavy (non-hydrogen) atoms. The predicted molar refractivity (Wildman–Crippen MR) is 57.7 cm³/mol. The maximum absolute atomic E-state index is 11.3. The number of hydrogen-bond donors (Lipinski definition) is 1. The molecule has 1 N–H and O–H groups in total.